The molecule has 0 aliphatic carbocycles. The second kappa shape index (κ2) is 4.90. The SMILES string of the molecule is COc1cccc(SC)c1C(C)(C)CO. The van der Waals surface area contributed by atoms with Crippen LogP contribution in [-0.2, 0) is 5.41 Å². The molecule has 0 atom stereocenters. The van der Waals surface area contributed by atoms with Crippen molar-refractivity contribution in [1.82, 2.24) is 0 Å². The molecule has 0 amide bonds. The lowest BCUT2D eigenvalue weighted by atomic mass is 9.85. The normalized spacial score (nSPS) is 11.5. The van der Waals surface area contributed by atoms with Crippen molar-refractivity contribution in [2.45, 2.75) is 24.2 Å². The molecule has 2 nitrogen and oxygen atoms in total. The number of aliphatic hydroxyl groups excluding tert-OH is 1. The number of hydrogen-bond donors (Lipinski definition) is 1. The number of hydrogen-bond acceptors (Lipinski definition) is 3. The minimum absolute atomic E-state index is 0.112. The number of thioether (sulfide) groups is 1. The van der Waals surface area contributed by atoms with Crippen molar-refractivity contribution in [2.24, 2.45) is 0 Å². The monoisotopic (exact) mass is 226 g/mol. The van der Waals surface area contributed by atoms with E-state index in [4.69, 9.17) is 4.74 Å². The van der Waals surface area contributed by atoms with Gasteiger partial charge < -0.3 is 9.84 Å². The van der Waals surface area contributed by atoms with E-state index in [-0.39, 0.29) is 12.0 Å². The third-order valence-electron chi connectivity index (χ3n) is 2.50. The topological polar surface area (TPSA) is 29.5 Å². The van der Waals surface area contributed by atoms with Crippen LogP contribution in [0, 0.1) is 0 Å². The zero-order chi connectivity index (χ0) is 11.5. The van der Waals surface area contributed by atoms with Crippen molar-refractivity contribution in [3.8, 4) is 5.75 Å². The van der Waals surface area contributed by atoms with Crippen LogP contribution in [0.1, 0.15) is 19.4 Å². The second-order valence-corrected chi connectivity index (χ2v) is 4.93. The maximum atomic E-state index is 9.42. The summed E-state index contributed by atoms with van der Waals surface area (Å²) >= 11 is 1.68. The number of methoxy groups -OCH3 is 1. The van der Waals surface area contributed by atoms with E-state index < -0.39 is 0 Å². The lowest BCUT2D eigenvalue weighted by Gasteiger charge is -2.26. The molecule has 84 valence electrons. The van der Waals surface area contributed by atoms with Gasteiger partial charge in [-0.3, -0.25) is 0 Å². The van der Waals surface area contributed by atoms with E-state index >= 15 is 0 Å². The Labute approximate surface area is 95.7 Å². The third-order valence-corrected chi connectivity index (χ3v) is 3.28. The van der Waals surface area contributed by atoms with Crippen molar-refractivity contribution in [3.63, 3.8) is 0 Å². The van der Waals surface area contributed by atoms with Crippen LogP contribution >= 0.6 is 11.8 Å². The van der Waals surface area contributed by atoms with Gasteiger partial charge in [0.05, 0.1) is 13.7 Å². The number of aliphatic hydroxyl groups is 1. The predicted octanol–water partition coefficient (Wildman–Crippen LogP) is 2.69. The Morgan fingerprint density at radius 3 is 2.53 bits per heavy atom. The lowest BCUT2D eigenvalue weighted by molar-refractivity contribution is 0.212. The summed E-state index contributed by atoms with van der Waals surface area (Å²) in [7, 11) is 1.66. The largest absolute Gasteiger partial charge is 0.496 e. The van der Waals surface area contributed by atoms with Crippen LogP contribution in [0.4, 0.5) is 0 Å². The smallest absolute Gasteiger partial charge is 0.123 e. The van der Waals surface area contributed by atoms with Crippen LogP contribution in [0.2, 0.25) is 0 Å². The third kappa shape index (κ3) is 2.47. The van der Waals surface area contributed by atoms with E-state index in [1.54, 1.807) is 18.9 Å². The summed E-state index contributed by atoms with van der Waals surface area (Å²) in [6, 6.07) is 5.97. The summed E-state index contributed by atoms with van der Waals surface area (Å²) < 4.78 is 5.35. The highest BCUT2D eigenvalue weighted by molar-refractivity contribution is 7.98. The van der Waals surface area contributed by atoms with Gasteiger partial charge >= 0.3 is 0 Å². The van der Waals surface area contributed by atoms with Gasteiger partial charge in [0.2, 0.25) is 0 Å². The van der Waals surface area contributed by atoms with Gasteiger partial charge in [-0.15, -0.1) is 11.8 Å². The molecule has 0 radical (unpaired) electrons. The highest BCUT2D eigenvalue weighted by Gasteiger charge is 2.26. The number of rotatable bonds is 4. The molecule has 0 aliphatic heterocycles. The summed E-state index contributed by atoms with van der Waals surface area (Å²) in [5, 5.41) is 9.42. The zero-order valence-electron chi connectivity index (χ0n) is 9.70. The molecule has 1 aromatic rings. The number of ether oxygens (including phenoxy) is 1. The summed E-state index contributed by atoms with van der Waals surface area (Å²) in [5.74, 6) is 0.848. The average molecular weight is 226 g/mol. The second-order valence-electron chi connectivity index (χ2n) is 4.08. The van der Waals surface area contributed by atoms with Gasteiger partial charge in [-0.1, -0.05) is 19.9 Å². The Morgan fingerprint density at radius 1 is 1.40 bits per heavy atom. The van der Waals surface area contributed by atoms with Gasteiger partial charge in [-0.2, -0.15) is 0 Å². The van der Waals surface area contributed by atoms with Crippen LogP contribution in [0.5, 0.6) is 5.75 Å². The average Bonchev–Trinajstić information content (AvgIpc) is 2.27. The molecule has 3 heteroatoms. The van der Waals surface area contributed by atoms with Gasteiger partial charge in [-0.05, 0) is 18.4 Å². The van der Waals surface area contributed by atoms with Crippen LogP contribution in [-0.4, -0.2) is 25.1 Å². The molecule has 0 aromatic heterocycles. The van der Waals surface area contributed by atoms with Crippen molar-refractivity contribution < 1.29 is 9.84 Å². The summed E-state index contributed by atoms with van der Waals surface area (Å²) in [6.07, 6.45) is 2.03. The zero-order valence-corrected chi connectivity index (χ0v) is 10.5. The fourth-order valence-corrected chi connectivity index (χ4v) is 2.39. The molecule has 15 heavy (non-hydrogen) atoms. The predicted molar refractivity (Wildman–Crippen MR) is 64.9 cm³/mol. The van der Waals surface area contributed by atoms with Crippen molar-refractivity contribution in [2.75, 3.05) is 20.0 Å². The molecule has 0 saturated heterocycles. The van der Waals surface area contributed by atoms with Gasteiger partial charge in [0, 0.05) is 15.9 Å². The van der Waals surface area contributed by atoms with E-state index in [1.165, 1.54) is 0 Å². The Bertz CT molecular complexity index is 312. The molecule has 0 aliphatic rings. The highest BCUT2D eigenvalue weighted by Crippen LogP contribution is 2.38. The van der Waals surface area contributed by atoms with Crippen LogP contribution in [0.3, 0.4) is 0 Å². The van der Waals surface area contributed by atoms with Crippen LogP contribution < -0.4 is 4.74 Å². The standard InChI is InChI=1S/C12H18O2S/c1-12(2,8-13)11-9(14-3)6-5-7-10(11)15-4/h5-7,13H,8H2,1-4H3. The van der Waals surface area contributed by atoms with E-state index in [1.807, 2.05) is 32.2 Å². The molecule has 1 rings (SSSR count). The van der Waals surface area contributed by atoms with Crippen molar-refractivity contribution in [3.05, 3.63) is 23.8 Å². The molecular weight excluding hydrogens is 208 g/mol. The van der Waals surface area contributed by atoms with Crippen molar-refractivity contribution in [1.29, 1.82) is 0 Å². The fraction of sp³-hybridized carbons (Fsp3) is 0.500. The molecule has 0 saturated carbocycles. The molecule has 0 spiro atoms. The first-order valence-electron chi connectivity index (χ1n) is 4.89. The van der Waals surface area contributed by atoms with Crippen molar-refractivity contribution >= 4 is 11.8 Å². The molecule has 1 N–H and O–H groups in total. The van der Waals surface area contributed by atoms with E-state index in [2.05, 4.69) is 6.07 Å². The first-order chi connectivity index (χ1) is 7.06. The first kappa shape index (κ1) is 12.4. The van der Waals surface area contributed by atoms with E-state index in [0.29, 0.717) is 0 Å². The molecule has 0 fully saturated rings. The van der Waals surface area contributed by atoms with Gasteiger partial charge in [0.1, 0.15) is 5.75 Å². The minimum atomic E-state index is -0.273. The molecule has 0 heterocycles. The van der Waals surface area contributed by atoms with Gasteiger partial charge in [-0.25, -0.2) is 0 Å². The fourth-order valence-electron chi connectivity index (χ4n) is 1.60. The Kier molecular flexibility index (Phi) is 4.05. The van der Waals surface area contributed by atoms with Gasteiger partial charge in [0.15, 0.2) is 0 Å². The summed E-state index contributed by atoms with van der Waals surface area (Å²) in [4.78, 5) is 1.16. The van der Waals surface area contributed by atoms with Gasteiger partial charge in [0.25, 0.3) is 0 Å². The van der Waals surface area contributed by atoms with Crippen LogP contribution in [0.15, 0.2) is 23.1 Å². The molecule has 0 unspecified atom stereocenters. The van der Waals surface area contributed by atoms with E-state index in [0.717, 1.165) is 16.2 Å². The van der Waals surface area contributed by atoms with Crippen LogP contribution in [0.25, 0.3) is 0 Å². The Balaban J connectivity index is 3.34. The Hall–Kier alpha value is -0.670. The molecule has 1 aromatic carbocycles. The molecule has 0 bridgehead atoms. The Morgan fingerprint density at radius 2 is 2.07 bits per heavy atom. The molecular formula is C12H18O2S. The van der Waals surface area contributed by atoms with E-state index in [9.17, 15) is 5.11 Å². The summed E-state index contributed by atoms with van der Waals surface area (Å²) in [6.45, 7) is 4.15. The highest BCUT2D eigenvalue weighted by atomic mass is 32.2. The lowest BCUT2D eigenvalue weighted by Crippen LogP contribution is -2.23. The number of benzene rings is 1. The quantitative estimate of drug-likeness (QED) is 0.800. The maximum Gasteiger partial charge on any atom is 0.123 e. The summed E-state index contributed by atoms with van der Waals surface area (Å²) in [5.41, 5.74) is 0.813. The maximum absolute atomic E-state index is 9.42. The first-order valence-corrected chi connectivity index (χ1v) is 6.11. The minimum Gasteiger partial charge on any atom is -0.496 e.